The van der Waals surface area contributed by atoms with Gasteiger partial charge in [-0.05, 0) is 18.6 Å². The molecule has 94 valence electrons. The van der Waals surface area contributed by atoms with Gasteiger partial charge in [-0.1, -0.05) is 0 Å². The number of unbranched alkanes of at least 4 members (excludes halogenated alkanes) is 1. The first-order valence-corrected chi connectivity index (χ1v) is 5.25. The first-order valence-electron chi connectivity index (χ1n) is 5.25. The minimum absolute atomic E-state index is 0.325. The highest BCUT2D eigenvalue weighted by Gasteiger charge is 2.19. The second-order valence-electron chi connectivity index (χ2n) is 3.53. The number of anilines is 1. The van der Waals surface area contributed by atoms with E-state index in [0.29, 0.717) is 18.7 Å². The minimum atomic E-state index is -1.32. The SMILES string of the molecule is C#CCCCNc1ccc(C(=O)O)c([N+](=O)[O-])c1. The van der Waals surface area contributed by atoms with Crippen molar-refractivity contribution >= 4 is 17.3 Å². The second-order valence-corrected chi connectivity index (χ2v) is 3.53. The summed E-state index contributed by atoms with van der Waals surface area (Å²) in [5, 5.41) is 22.5. The van der Waals surface area contributed by atoms with Crippen LogP contribution in [0.25, 0.3) is 0 Å². The molecule has 0 bridgehead atoms. The number of carboxylic acid groups (broad SMARTS) is 1. The third kappa shape index (κ3) is 3.49. The fourth-order valence-corrected chi connectivity index (χ4v) is 1.40. The average molecular weight is 248 g/mol. The molecule has 0 saturated heterocycles. The van der Waals surface area contributed by atoms with Crippen LogP contribution in [0, 0.1) is 22.5 Å². The first-order chi connectivity index (χ1) is 8.56. The number of rotatable bonds is 6. The van der Waals surface area contributed by atoms with Crippen LogP contribution >= 0.6 is 0 Å². The van der Waals surface area contributed by atoms with Gasteiger partial charge in [0.25, 0.3) is 5.69 Å². The summed E-state index contributed by atoms with van der Waals surface area (Å²) in [5.74, 6) is 1.16. The van der Waals surface area contributed by atoms with Crippen LogP contribution in [-0.2, 0) is 0 Å². The molecule has 18 heavy (non-hydrogen) atoms. The maximum atomic E-state index is 10.8. The lowest BCUT2D eigenvalue weighted by atomic mass is 10.1. The molecule has 0 fully saturated rings. The van der Waals surface area contributed by atoms with Crippen molar-refractivity contribution in [3.8, 4) is 12.3 Å². The molecule has 0 amide bonds. The maximum Gasteiger partial charge on any atom is 0.342 e. The van der Waals surface area contributed by atoms with Gasteiger partial charge in [-0.15, -0.1) is 12.3 Å². The van der Waals surface area contributed by atoms with Crippen molar-refractivity contribution in [2.75, 3.05) is 11.9 Å². The summed E-state index contributed by atoms with van der Waals surface area (Å²) >= 11 is 0. The number of nitrogens with one attached hydrogen (secondary N) is 1. The molecule has 0 unspecified atom stereocenters. The van der Waals surface area contributed by atoms with Crippen molar-refractivity contribution in [3.63, 3.8) is 0 Å². The molecule has 1 aromatic rings. The van der Waals surface area contributed by atoms with Gasteiger partial charge in [-0.25, -0.2) is 4.79 Å². The van der Waals surface area contributed by atoms with Gasteiger partial charge in [0.2, 0.25) is 0 Å². The molecule has 0 aromatic heterocycles. The monoisotopic (exact) mass is 248 g/mol. The first kappa shape index (κ1) is 13.5. The fraction of sp³-hybridized carbons (Fsp3) is 0.250. The van der Waals surface area contributed by atoms with E-state index < -0.39 is 16.6 Å². The number of nitro groups is 1. The Morgan fingerprint density at radius 2 is 2.28 bits per heavy atom. The normalized spacial score (nSPS) is 9.50. The van der Waals surface area contributed by atoms with Crippen LogP contribution in [0.5, 0.6) is 0 Å². The molecule has 0 aliphatic carbocycles. The van der Waals surface area contributed by atoms with Crippen LogP contribution in [0.1, 0.15) is 23.2 Å². The highest BCUT2D eigenvalue weighted by Crippen LogP contribution is 2.23. The van der Waals surface area contributed by atoms with Crippen LogP contribution < -0.4 is 5.32 Å². The van der Waals surface area contributed by atoms with Gasteiger partial charge in [-0.3, -0.25) is 10.1 Å². The Kier molecular flexibility index (Phi) is 4.69. The van der Waals surface area contributed by atoms with Crippen LogP contribution in [-0.4, -0.2) is 22.5 Å². The van der Waals surface area contributed by atoms with Gasteiger partial charge in [0.1, 0.15) is 5.56 Å². The van der Waals surface area contributed by atoms with E-state index in [2.05, 4.69) is 11.2 Å². The summed E-state index contributed by atoms with van der Waals surface area (Å²) in [6.45, 7) is 0.577. The van der Waals surface area contributed by atoms with Gasteiger partial charge in [0.15, 0.2) is 0 Å². The van der Waals surface area contributed by atoms with E-state index in [0.717, 1.165) is 6.42 Å². The minimum Gasteiger partial charge on any atom is -0.477 e. The Hall–Kier alpha value is -2.55. The average Bonchev–Trinajstić information content (AvgIpc) is 2.34. The smallest absolute Gasteiger partial charge is 0.342 e. The molecular weight excluding hydrogens is 236 g/mol. The lowest BCUT2D eigenvalue weighted by Crippen LogP contribution is -2.05. The Morgan fingerprint density at radius 3 is 2.83 bits per heavy atom. The highest BCUT2D eigenvalue weighted by molar-refractivity contribution is 5.93. The number of hydrogen-bond acceptors (Lipinski definition) is 4. The second kappa shape index (κ2) is 6.25. The summed E-state index contributed by atoms with van der Waals surface area (Å²) in [4.78, 5) is 20.8. The summed E-state index contributed by atoms with van der Waals surface area (Å²) in [6.07, 6.45) is 6.45. The topological polar surface area (TPSA) is 92.5 Å². The van der Waals surface area contributed by atoms with Crippen molar-refractivity contribution in [1.29, 1.82) is 0 Å². The number of aromatic carboxylic acids is 1. The van der Waals surface area contributed by atoms with Gasteiger partial charge in [0.05, 0.1) is 4.92 Å². The summed E-state index contributed by atoms with van der Waals surface area (Å²) in [6, 6.07) is 3.91. The molecule has 2 N–H and O–H groups in total. The predicted octanol–water partition coefficient (Wildman–Crippen LogP) is 2.12. The molecule has 6 heteroatoms. The maximum absolute atomic E-state index is 10.8. The van der Waals surface area contributed by atoms with Crippen LogP contribution in [0.3, 0.4) is 0 Å². The van der Waals surface area contributed by atoms with E-state index in [1.54, 1.807) is 0 Å². The van der Waals surface area contributed by atoms with E-state index in [-0.39, 0.29) is 5.56 Å². The number of benzene rings is 1. The van der Waals surface area contributed by atoms with Crippen molar-refractivity contribution in [3.05, 3.63) is 33.9 Å². The predicted molar refractivity (Wildman–Crippen MR) is 66.6 cm³/mol. The third-order valence-electron chi connectivity index (χ3n) is 2.25. The molecule has 0 saturated carbocycles. The fourth-order valence-electron chi connectivity index (χ4n) is 1.40. The number of hydrogen-bond donors (Lipinski definition) is 2. The summed E-state index contributed by atoms with van der Waals surface area (Å²) in [5.41, 5.74) is -0.248. The molecule has 0 heterocycles. The Bertz CT molecular complexity index is 505. The quantitative estimate of drug-likeness (QED) is 0.348. The standard InChI is InChI=1S/C12H12N2O4/c1-2-3-4-7-13-9-5-6-10(12(15)16)11(8-9)14(17)18/h1,5-6,8,13H,3-4,7H2,(H,15,16). The third-order valence-corrected chi connectivity index (χ3v) is 2.25. The summed E-state index contributed by atoms with van der Waals surface area (Å²) in [7, 11) is 0. The van der Waals surface area contributed by atoms with Gasteiger partial charge in [0, 0.05) is 24.7 Å². The van der Waals surface area contributed by atoms with E-state index >= 15 is 0 Å². The largest absolute Gasteiger partial charge is 0.477 e. The van der Waals surface area contributed by atoms with Gasteiger partial charge >= 0.3 is 5.97 Å². The Morgan fingerprint density at radius 1 is 1.56 bits per heavy atom. The van der Waals surface area contributed by atoms with Crippen LogP contribution in [0.2, 0.25) is 0 Å². The van der Waals surface area contributed by atoms with Crippen molar-refractivity contribution in [2.24, 2.45) is 0 Å². The zero-order valence-electron chi connectivity index (χ0n) is 9.55. The lowest BCUT2D eigenvalue weighted by Gasteiger charge is -2.06. The molecule has 0 atom stereocenters. The Labute approximate surface area is 104 Å². The molecular formula is C12H12N2O4. The molecule has 6 nitrogen and oxygen atoms in total. The van der Waals surface area contributed by atoms with E-state index in [1.165, 1.54) is 18.2 Å². The van der Waals surface area contributed by atoms with E-state index in [1.807, 2.05) is 0 Å². The number of terminal acetylenes is 1. The van der Waals surface area contributed by atoms with E-state index in [4.69, 9.17) is 11.5 Å². The van der Waals surface area contributed by atoms with Crippen LogP contribution in [0.15, 0.2) is 18.2 Å². The molecule has 1 rings (SSSR count). The zero-order valence-corrected chi connectivity index (χ0v) is 9.55. The lowest BCUT2D eigenvalue weighted by molar-refractivity contribution is -0.385. The number of nitro benzene ring substituents is 1. The molecule has 0 radical (unpaired) electrons. The van der Waals surface area contributed by atoms with Crippen molar-refractivity contribution in [1.82, 2.24) is 0 Å². The molecule has 0 aliphatic heterocycles. The van der Waals surface area contributed by atoms with Gasteiger partial charge < -0.3 is 10.4 Å². The van der Waals surface area contributed by atoms with Crippen LogP contribution in [0.4, 0.5) is 11.4 Å². The highest BCUT2D eigenvalue weighted by atomic mass is 16.6. The van der Waals surface area contributed by atoms with Crippen molar-refractivity contribution < 1.29 is 14.8 Å². The molecule has 0 spiro atoms. The van der Waals surface area contributed by atoms with Gasteiger partial charge in [-0.2, -0.15) is 0 Å². The number of carbonyl (C=O) groups is 1. The van der Waals surface area contributed by atoms with Crippen molar-refractivity contribution in [2.45, 2.75) is 12.8 Å². The van der Waals surface area contributed by atoms with E-state index in [9.17, 15) is 14.9 Å². The molecule has 0 aliphatic rings. The Balaban J connectivity index is 2.84. The number of carboxylic acids is 1. The molecule has 1 aromatic carbocycles. The zero-order chi connectivity index (χ0) is 13.5. The summed E-state index contributed by atoms with van der Waals surface area (Å²) < 4.78 is 0. The number of nitrogens with zero attached hydrogens (tertiary/aromatic N) is 1.